The van der Waals surface area contributed by atoms with Crippen LogP contribution in [0.15, 0.2) is 34.9 Å². The van der Waals surface area contributed by atoms with Crippen molar-refractivity contribution in [1.82, 2.24) is 0 Å². The molecule has 0 aromatic carbocycles. The zero-order chi connectivity index (χ0) is 18.1. The number of hydrogen-bond acceptors (Lipinski definition) is 0. The monoisotopic (exact) mass is 342 g/mol. The van der Waals surface area contributed by atoms with E-state index in [-0.39, 0.29) is 0 Å². The van der Waals surface area contributed by atoms with Crippen molar-refractivity contribution in [2.24, 2.45) is 11.8 Å². The molecule has 2 aliphatic rings. The molecule has 0 spiro atoms. The Morgan fingerprint density at radius 2 is 1.60 bits per heavy atom. The lowest BCUT2D eigenvalue weighted by Gasteiger charge is -2.25. The van der Waals surface area contributed by atoms with Crippen LogP contribution in [-0.4, -0.2) is 0 Å². The van der Waals surface area contributed by atoms with Gasteiger partial charge in [-0.1, -0.05) is 76.7 Å². The molecular formula is C25H42. The predicted molar refractivity (Wildman–Crippen MR) is 113 cm³/mol. The lowest BCUT2D eigenvalue weighted by atomic mass is 9.80. The molecule has 2 aliphatic carbocycles. The van der Waals surface area contributed by atoms with Gasteiger partial charge in [-0.25, -0.2) is 0 Å². The summed E-state index contributed by atoms with van der Waals surface area (Å²) in [5.74, 6) is 1.53. The Kier molecular flexibility index (Phi) is 9.07. The van der Waals surface area contributed by atoms with Gasteiger partial charge in [-0.05, 0) is 80.8 Å². The van der Waals surface area contributed by atoms with Gasteiger partial charge in [0.25, 0.3) is 0 Å². The first kappa shape index (κ1) is 20.5. The molecule has 0 aliphatic heterocycles. The van der Waals surface area contributed by atoms with E-state index in [2.05, 4.69) is 33.4 Å². The van der Waals surface area contributed by atoms with E-state index in [4.69, 9.17) is 0 Å². The SMILES string of the molecule is C=C1CCCC(C)CCC(C(C)C)=C(C2=CCCCCCCCC2)C1. The molecule has 0 heteroatoms. The van der Waals surface area contributed by atoms with E-state index >= 15 is 0 Å². The second kappa shape index (κ2) is 11.0. The maximum atomic E-state index is 4.47. The second-order valence-electron chi connectivity index (χ2n) is 9.01. The summed E-state index contributed by atoms with van der Waals surface area (Å²) in [6, 6.07) is 0. The average molecular weight is 343 g/mol. The topological polar surface area (TPSA) is 0 Å². The maximum absolute atomic E-state index is 4.47. The van der Waals surface area contributed by atoms with Gasteiger partial charge in [-0.2, -0.15) is 0 Å². The van der Waals surface area contributed by atoms with Crippen molar-refractivity contribution in [3.05, 3.63) is 34.9 Å². The van der Waals surface area contributed by atoms with Crippen LogP contribution in [0, 0.1) is 11.8 Å². The maximum Gasteiger partial charge on any atom is -0.00675 e. The van der Waals surface area contributed by atoms with Gasteiger partial charge in [-0.15, -0.1) is 0 Å². The van der Waals surface area contributed by atoms with Gasteiger partial charge < -0.3 is 0 Å². The van der Waals surface area contributed by atoms with Gasteiger partial charge >= 0.3 is 0 Å². The molecule has 0 heterocycles. The van der Waals surface area contributed by atoms with Crippen molar-refractivity contribution in [2.45, 2.75) is 111 Å². The largest absolute Gasteiger partial charge is 0.0995 e. The Bertz CT molecular complexity index is 474. The lowest BCUT2D eigenvalue weighted by molar-refractivity contribution is 0.459. The van der Waals surface area contributed by atoms with Gasteiger partial charge in [0.15, 0.2) is 0 Å². The van der Waals surface area contributed by atoms with E-state index in [0.29, 0.717) is 5.92 Å². The summed E-state index contributed by atoms with van der Waals surface area (Å²) in [6.07, 6.45) is 21.4. The minimum absolute atomic E-state index is 0.672. The molecule has 0 saturated heterocycles. The summed E-state index contributed by atoms with van der Waals surface area (Å²) in [6.45, 7) is 11.7. The number of allylic oxidation sites excluding steroid dienone is 5. The molecule has 1 unspecified atom stereocenters. The summed E-state index contributed by atoms with van der Waals surface area (Å²) in [7, 11) is 0. The van der Waals surface area contributed by atoms with Crippen LogP contribution in [-0.2, 0) is 0 Å². The third-order valence-corrected chi connectivity index (χ3v) is 6.32. The molecule has 0 radical (unpaired) electrons. The van der Waals surface area contributed by atoms with Gasteiger partial charge in [0.05, 0.1) is 0 Å². The van der Waals surface area contributed by atoms with Crippen LogP contribution in [0.1, 0.15) is 111 Å². The van der Waals surface area contributed by atoms with Crippen molar-refractivity contribution in [1.29, 1.82) is 0 Å². The number of rotatable bonds is 2. The fourth-order valence-corrected chi connectivity index (χ4v) is 4.63. The van der Waals surface area contributed by atoms with Crippen molar-refractivity contribution in [2.75, 3.05) is 0 Å². The zero-order valence-electron chi connectivity index (χ0n) is 17.3. The first-order chi connectivity index (χ1) is 12.1. The number of hydrogen-bond donors (Lipinski definition) is 0. The molecule has 0 nitrogen and oxygen atoms in total. The molecular weight excluding hydrogens is 300 g/mol. The Morgan fingerprint density at radius 3 is 2.36 bits per heavy atom. The van der Waals surface area contributed by atoms with Gasteiger partial charge in [-0.3, -0.25) is 0 Å². The van der Waals surface area contributed by atoms with Crippen LogP contribution in [0.25, 0.3) is 0 Å². The third kappa shape index (κ3) is 7.16. The average Bonchev–Trinajstić information content (AvgIpc) is 2.58. The van der Waals surface area contributed by atoms with Crippen molar-refractivity contribution < 1.29 is 0 Å². The van der Waals surface area contributed by atoms with E-state index in [1.54, 1.807) is 16.7 Å². The molecule has 0 fully saturated rings. The first-order valence-electron chi connectivity index (χ1n) is 11.2. The molecule has 0 N–H and O–H groups in total. The third-order valence-electron chi connectivity index (χ3n) is 6.32. The highest BCUT2D eigenvalue weighted by atomic mass is 14.2. The Morgan fingerprint density at radius 1 is 0.880 bits per heavy atom. The smallest absolute Gasteiger partial charge is 0.00675 e. The standard InChI is InChI=1S/C25H42/c1-20(2)24-18-17-21(3)13-12-14-22(4)19-25(24)23-15-10-8-6-5-7-9-11-16-23/h15,20-21H,4-14,16-19H2,1-3H3. The quantitative estimate of drug-likeness (QED) is 0.441. The summed E-state index contributed by atoms with van der Waals surface area (Å²) < 4.78 is 0. The van der Waals surface area contributed by atoms with E-state index < -0.39 is 0 Å². The molecule has 0 aromatic rings. The zero-order valence-corrected chi connectivity index (χ0v) is 17.3. The Balaban J connectivity index is 2.32. The van der Waals surface area contributed by atoms with E-state index in [0.717, 1.165) is 12.3 Å². The van der Waals surface area contributed by atoms with Gasteiger partial charge in [0, 0.05) is 0 Å². The first-order valence-corrected chi connectivity index (χ1v) is 11.2. The molecule has 2 rings (SSSR count). The highest BCUT2D eigenvalue weighted by molar-refractivity contribution is 5.39. The summed E-state index contributed by atoms with van der Waals surface area (Å²) in [5.41, 5.74) is 6.62. The van der Waals surface area contributed by atoms with Crippen LogP contribution >= 0.6 is 0 Å². The minimum atomic E-state index is 0.672. The van der Waals surface area contributed by atoms with Crippen LogP contribution in [0.5, 0.6) is 0 Å². The molecule has 0 aromatic heterocycles. The fraction of sp³-hybridized carbons (Fsp3) is 0.760. The van der Waals surface area contributed by atoms with E-state index in [9.17, 15) is 0 Å². The van der Waals surface area contributed by atoms with Gasteiger partial charge in [0.1, 0.15) is 0 Å². The van der Waals surface area contributed by atoms with E-state index in [1.165, 1.54) is 89.0 Å². The van der Waals surface area contributed by atoms with Crippen molar-refractivity contribution >= 4 is 0 Å². The summed E-state index contributed by atoms with van der Waals surface area (Å²) in [4.78, 5) is 0. The Labute approximate surface area is 157 Å². The molecule has 1 atom stereocenters. The minimum Gasteiger partial charge on any atom is -0.0995 e. The molecule has 142 valence electrons. The lowest BCUT2D eigenvalue weighted by Crippen LogP contribution is -2.08. The van der Waals surface area contributed by atoms with E-state index in [1.807, 2.05) is 0 Å². The van der Waals surface area contributed by atoms with Crippen LogP contribution in [0.3, 0.4) is 0 Å². The van der Waals surface area contributed by atoms with Crippen molar-refractivity contribution in [3.8, 4) is 0 Å². The molecule has 0 saturated carbocycles. The highest BCUT2D eigenvalue weighted by Gasteiger charge is 2.18. The second-order valence-corrected chi connectivity index (χ2v) is 9.01. The summed E-state index contributed by atoms with van der Waals surface area (Å²) in [5, 5.41) is 0. The van der Waals surface area contributed by atoms with Crippen LogP contribution < -0.4 is 0 Å². The molecule has 0 bridgehead atoms. The van der Waals surface area contributed by atoms with Crippen LogP contribution in [0.2, 0.25) is 0 Å². The summed E-state index contributed by atoms with van der Waals surface area (Å²) >= 11 is 0. The van der Waals surface area contributed by atoms with Crippen molar-refractivity contribution in [3.63, 3.8) is 0 Å². The normalized spacial score (nSPS) is 25.7. The molecule has 25 heavy (non-hydrogen) atoms. The molecule has 0 amide bonds. The highest BCUT2D eigenvalue weighted by Crippen LogP contribution is 2.36. The predicted octanol–water partition coefficient (Wildman–Crippen LogP) is 8.55. The van der Waals surface area contributed by atoms with Gasteiger partial charge in [0.2, 0.25) is 0 Å². The fourth-order valence-electron chi connectivity index (χ4n) is 4.63. The Hall–Kier alpha value is -0.780. The van der Waals surface area contributed by atoms with Crippen LogP contribution in [0.4, 0.5) is 0 Å².